The van der Waals surface area contributed by atoms with Gasteiger partial charge in [-0.3, -0.25) is 4.90 Å². The average molecular weight is 279 g/mol. The molecular weight excluding hydrogens is 250 g/mol. The van der Waals surface area contributed by atoms with Gasteiger partial charge in [0.05, 0.1) is 6.54 Å². The van der Waals surface area contributed by atoms with Crippen molar-refractivity contribution < 1.29 is 0 Å². The molecular formula is C15H29N5. The number of likely N-dealkylation sites (tertiary alicyclic amines) is 1. The van der Waals surface area contributed by atoms with E-state index in [0.717, 1.165) is 24.8 Å². The second-order valence-electron chi connectivity index (χ2n) is 6.17. The van der Waals surface area contributed by atoms with Gasteiger partial charge < -0.3 is 5.32 Å². The molecule has 1 atom stereocenters. The molecule has 1 fully saturated rings. The molecule has 0 aliphatic carbocycles. The average Bonchev–Trinajstić information content (AvgIpc) is 2.88. The Hall–Kier alpha value is -0.940. The van der Waals surface area contributed by atoms with Crippen LogP contribution in [0.15, 0.2) is 6.33 Å². The van der Waals surface area contributed by atoms with E-state index in [1.165, 1.54) is 25.9 Å². The topological polar surface area (TPSA) is 46.0 Å². The summed E-state index contributed by atoms with van der Waals surface area (Å²) < 4.78 is 2.04. The summed E-state index contributed by atoms with van der Waals surface area (Å²) in [5, 5.41) is 7.87. The van der Waals surface area contributed by atoms with Crippen molar-refractivity contribution >= 4 is 0 Å². The number of hydrogen-bond donors (Lipinski definition) is 1. The van der Waals surface area contributed by atoms with Crippen LogP contribution >= 0.6 is 0 Å². The lowest BCUT2D eigenvalue weighted by Gasteiger charge is -2.35. The molecule has 1 aromatic heterocycles. The molecule has 1 aliphatic rings. The van der Waals surface area contributed by atoms with Crippen LogP contribution < -0.4 is 5.32 Å². The highest BCUT2D eigenvalue weighted by Crippen LogP contribution is 2.22. The van der Waals surface area contributed by atoms with Crippen molar-refractivity contribution in [2.24, 2.45) is 5.92 Å². The highest BCUT2D eigenvalue weighted by atomic mass is 15.4. The van der Waals surface area contributed by atoms with Gasteiger partial charge in [0, 0.05) is 12.1 Å². The van der Waals surface area contributed by atoms with Crippen LogP contribution in [0, 0.1) is 5.92 Å². The van der Waals surface area contributed by atoms with Gasteiger partial charge in [0.2, 0.25) is 0 Å². The largest absolute Gasteiger partial charge is 0.314 e. The fourth-order valence-corrected chi connectivity index (χ4v) is 3.12. The first-order valence-electron chi connectivity index (χ1n) is 7.96. The molecule has 20 heavy (non-hydrogen) atoms. The third-order valence-electron chi connectivity index (χ3n) is 4.37. The smallest absolute Gasteiger partial charge is 0.141 e. The van der Waals surface area contributed by atoms with Gasteiger partial charge in [-0.25, -0.2) is 9.67 Å². The van der Waals surface area contributed by atoms with Crippen molar-refractivity contribution in [2.45, 2.75) is 59.2 Å². The summed E-state index contributed by atoms with van der Waals surface area (Å²) in [6, 6.07) is 1.03. The number of nitrogens with one attached hydrogen (secondary N) is 1. The lowest BCUT2D eigenvalue weighted by molar-refractivity contribution is 0.151. The Labute approximate surface area is 122 Å². The molecule has 0 amide bonds. The first kappa shape index (κ1) is 15.4. The fraction of sp³-hybridized carbons (Fsp3) is 0.867. The van der Waals surface area contributed by atoms with Crippen LogP contribution in [0.1, 0.15) is 52.4 Å². The molecule has 1 N–H and O–H groups in total. The molecule has 1 aromatic rings. The Bertz CT molecular complexity index is 393. The predicted octanol–water partition coefficient (Wildman–Crippen LogP) is 2.07. The minimum atomic E-state index is 0.388. The van der Waals surface area contributed by atoms with Crippen LogP contribution in [0.25, 0.3) is 0 Å². The lowest BCUT2D eigenvalue weighted by Crippen LogP contribution is -2.42. The van der Waals surface area contributed by atoms with Gasteiger partial charge in [-0.1, -0.05) is 6.92 Å². The van der Waals surface area contributed by atoms with Crippen molar-refractivity contribution in [3.8, 4) is 0 Å². The van der Waals surface area contributed by atoms with E-state index in [-0.39, 0.29) is 0 Å². The highest BCUT2D eigenvalue weighted by Gasteiger charge is 2.24. The number of nitrogens with zero attached hydrogens (tertiary/aromatic N) is 4. The molecule has 2 heterocycles. The summed E-state index contributed by atoms with van der Waals surface area (Å²) in [7, 11) is 0. The molecule has 1 saturated heterocycles. The quantitative estimate of drug-likeness (QED) is 0.866. The third kappa shape index (κ3) is 3.79. The van der Waals surface area contributed by atoms with Gasteiger partial charge in [-0.05, 0) is 59.2 Å². The highest BCUT2D eigenvalue weighted by molar-refractivity contribution is 4.88. The SMILES string of the molecule is CCNC(C)C1CCN(Cc2ncnn2C(C)C)CC1. The van der Waals surface area contributed by atoms with E-state index in [1.807, 2.05) is 4.68 Å². The number of hydrogen-bond acceptors (Lipinski definition) is 4. The van der Waals surface area contributed by atoms with Crippen molar-refractivity contribution in [3.63, 3.8) is 0 Å². The van der Waals surface area contributed by atoms with Crippen LogP contribution in [-0.4, -0.2) is 45.3 Å². The van der Waals surface area contributed by atoms with E-state index in [2.05, 4.69) is 48.0 Å². The predicted molar refractivity (Wildman–Crippen MR) is 81.5 cm³/mol. The first-order valence-corrected chi connectivity index (χ1v) is 7.96. The van der Waals surface area contributed by atoms with E-state index in [0.29, 0.717) is 12.1 Å². The van der Waals surface area contributed by atoms with Crippen LogP contribution in [0.4, 0.5) is 0 Å². The molecule has 114 valence electrons. The third-order valence-corrected chi connectivity index (χ3v) is 4.37. The number of aromatic nitrogens is 3. The Balaban J connectivity index is 1.84. The van der Waals surface area contributed by atoms with E-state index >= 15 is 0 Å². The van der Waals surface area contributed by atoms with Crippen molar-refractivity contribution in [1.82, 2.24) is 25.0 Å². The Morgan fingerprint density at radius 1 is 1.30 bits per heavy atom. The Morgan fingerprint density at radius 3 is 2.60 bits per heavy atom. The molecule has 5 heteroatoms. The van der Waals surface area contributed by atoms with Gasteiger partial charge in [0.15, 0.2) is 0 Å². The Morgan fingerprint density at radius 2 is 2.00 bits per heavy atom. The molecule has 0 saturated carbocycles. The summed E-state index contributed by atoms with van der Waals surface area (Å²) >= 11 is 0. The molecule has 1 unspecified atom stereocenters. The molecule has 0 radical (unpaired) electrons. The minimum absolute atomic E-state index is 0.388. The van der Waals surface area contributed by atoms with Crippen molar-refractivity contribution in [2.75, 3.05) is 19.6 Å². The van der Waals surface area contributed by atoms with Crippen LogP contribution in [0.2, 0.25) is 0 Å². The molecule has 0 aromatic carbocycles. The van der Waals surface area contributed by atoms with Crippen LogP contribution in [0.5, 0.6) is 0 Å². The monoisotopic (exact) mass is 279 g/mol. The summed E-state index contributed by atoms with van der Waals surface area (Å²) in [6.07, 6.45) is 4.24. The van der Waals surface area contributed by atoms with Gasteiger partial charge in [0.1, 0.15) is 12.2 Å². The van der Waals surface area contributed by atoms with E-state index in [4.69, 9.17) is 0 Å². The van der Waals surface area contributed by atoms with Gasteiger partial charge in [-0.2, -0.15) is 5.10 Å². The zero-order chi connectivity index (χ0) is 14.5. The summed E-state index contributed by atoms with van der Waals surface area (Å²) in [5.74, 6) is 1.91. The summed E-state index contributed by atoms with van der Waals surface area (Å²) in [4.78, 5) is 6.92. The minimum Gasteiger partial charge on any atom is -0.314 e. The summed E-state index contributed by atoms with van der Waals surface area (Å²) in [6.45, 7) is 13.2. The first-order chi connectivity index (χ1) is 9.61. The Kier molecular flexibility index (Phi) is 5.54. The van der Waals surface area contributed by atoms with Crippen molar-refractivity contribution in [1.29, 1.82) is 0 Å². The number of rotatable bonds is 6. The van der Waals surface area contributed by atoms with Gasteiger partial charge in [-0.15, -0.1) is 0 Å². The second kappa shape index (κ2) is 7.18. The maximum atomic E-state index is 4.41. The summed E-state index contributed by atoms with van der Waals surface area (Å²) in [5.41, 5.74) is 0. The molecule has 0 spiro atoms. The normalized spacial score (nSPS) is 19.6. The van der Waals surface area contributed by atoms with E-state index < -0.39 is 0 Å². The van der Waals surface area contributed by atoms with Gasteiger partial charge >= 0.3 is 0 Å². The van der Waals surface area contributed by atoms with Gasteiger partial charge in [0.25, 0.3) is 0 Å². The maximum Gasteiger partial charge on any atom is 0.141 e. The van der Waals surface area contributed by atoms with Crippen molar-refractivity contribution in [3.05, 3.63) is 12.2 Å². The number of piperidine rings is 1. The zero-order valence-electron chi connectivity index (χ0n) is 13.3. The fourth-order valence-electron chi connectivity index (χ4n) is 3.12. The molecule has 5 nitrogen and oxygen atoms in total. The van der Waals surface area contributed by atoms with Crippen LogP contribution in [-0.2, 0) is 6.54 Å². The van der Waals surface area contributed by atoms with Crippen LogP contribution in [0.3, 0.4) is 0 Å². The standard InChI is InChI=1S/C15H29N5/c1-5-16-13(4)14-6-8-19(9-7-14)10-15-17-11-18-20(15)12(2)3/h11-14,16H,5-10H2,1-4H3. The van der Waals surface area contributed by atoms with E-state index in [9.17, 15) is 0 Å². The zero-order valence-corrected chi connectivity index (χ0v) is 13.3. The molecule has 0 bridgehead atoms. The van der Waals surface area contributed by atoms with E-state index in [1.54, 1.807) is 6.33 Å². The maximum absolute atomic E-state index is 4.41. The lowest BCUT2D eigenvalue weighted by atomic mass is 9.90. The molecule has 1 aliphatic heterocycles. The second-order valence-corrected chi connectivity index (χ2v) is 6.17. The molecule has 2 rings (SSSR count).